The molecule has 2 rings (SSSR count). The Bertz CT molecular complexity index is 460. The molecule has 6 heteroatoms. The van der Waals surface area contributed by atoms with E-state index in [1.54, 1.807) is 0 Å². The predicted octanol–water partition coefficient (Wildman–Crippen LogP) is 2.32. The van der Waals surface area contributed by atoms with Crippen molar-refractivity contribution in [3.8, 4) is 0 Å². The van der Waals surface area contributed by atoms with E-state index in [1.807, 2.05) is 11.8 Å². The minimum absolute atomic E-state index is 0.0279. The van der Waals surface area contributed by atoms with Crippen LogP contribution < -0.4 is 5.32 Å². The summed E-state index contributed by atoms with van der Waals surface area (Å²) < 4.78 is 0. The molecule has 136 valence electrons. The van der Waals surface area contributed by atoms with Gasteiger partial charge in [-0.05, 0) is 45.4 Å². The quantitative estimate of drug-likeness (QED) is 0.746. The van der Waals surface area contributed by atoms with Crippen LogP contribution in [0.3, 0.4) is 0 Å². The molecule has 2 N–H and O–H groups in total. The van der Waals surface area contributed by atoms with E-state index < -0.39 is 5.97 Å². The minimum Gasteiger partial charge on any atom is -0.481 e. The first kappa shape index (κ1) is 18.7. The molecule has 2 fully saturated rings. The highest BCUT2D eigenvalue weighted by Crippen LogP contribution is 2.25. The molecule has 1 aliphatic heterocycles. The summed E-state index contributed by atoms with van der Waals surface area (Å²) in [5.41, 5.74) is 0. The molecule has 0 spiro atoms. The topological polar surface area (TPSA) is 86.7 Å². The number of piperidine rings is 1. The average Bonchev–Trinajstić information content (AvgIpc) is 3.07. The zero-order chi connectivity index (χ0) is 17.5. The van der Waals surface area contributed by atoms with Crippen LogP contribution >= 0.6 is 0 Å². The molecule has 0 bridgehead atoms. The van der Waals surface area contributed by atoms with Gasteiger partial charge in [0, 0.05) is 37.4 Å². The second kappa shape index (κ2) is 9.04. The van der Waals surface area contributed by atoms with Crippen molar-refractivity contribution >= 4 is 17.8 Å². The SMILES string of the molecule is CC(CC(=O)N1CCCCC1CCC(=O)O)NC(=O)C1CCCC1. The lowest BCUT2D eigenvalue weighted by atomic mass is 9.97. The molecule has 1 aliphatic carbocycles. The highest BCUT2D eigenvalue weighted by atomic mass is 16.4. The zero-order valence-electron chi connectivity index (χ0n) is 14.6. The van der Waals surface area contributed by atoms with Gasteiger partial charge in [-0.25, -0.2) is 0 Å². The minimum atomic E-state index is -0.815. The van der Waals surface area contributed by atoms with E-state index in [2.05, 4.69) is 5.32 Å². The number of hydrogen-bond acceptors (Lipinski definition) is 3. The Hall–Kier alpha value is -1.59. The van der Waals surface area contributed by atoms with E-state index in [0.717, 1.165) is 44.9 Å². The van der Waals surface area contributed by atoms with Crippen LogP contribution in [0.5, 0.6) is 0 Å². The summed E-state index contributed by atoms with van der Waals surface area (Å²) in [5.74, 6) is -0.593. The maximum Gasteiger partial charge on any atom is 0.303 e. The number of aliphatic carboxylic acids is 1. The average molecular weight is 338 g/mol. The smallest absolute Gasteiger partial charge is 0.303 e. The third-order valence-corrected chi connectivity index (χ3v) is 5.23. The van der Waals surface area contributed by atoms with Crippen molar-refractivity contribution in [2.75, 3.05) is 6.54 Å². The van der Waals surface area contributed by atoms with Crippen LogP contribution in [0.15, 0.2) is 0 Å². The molecule has 24 heavy (non-hydrogen) atoms. The molecule has 6 nitrogen and oxygen atoms in total. The maximum atomic E-state index is 12.6. The van der Waals surface area contributed by atoms with Crippen molar-refractivity contribution in [1.82, 2.24) is 10.2 Å². The van der Waals surface area contributed by atoms with Crippen LogP contribution in [-0.4, -0.2) is 46.4 Å². The van der Waals surface area contributed by atoms with Crippen molar-refractivity contribution in [3.63, 3.8) is 0 Å². The first-order chi connectivity index (χ1) is 11.5. The van der Waals surface area contributed by atoms with Gasteiger partial charge in [-0.3, -0.25) is 14.4 Å². The Balaban J connectivity index is 1.81. The van der Waals surface area contributed by atoms with Crippen LogP contribution in [0.4, 0.5) is 0 Å². The summed E-state index contributed by atoms with van der Waals surface area (Å²) in [5, 5.41) is 11.8. The molecule has 2 atom stereocenters. The molecule has 0 radical (unpaired) electrons. The van der Waals surface area contributed by atoms with Crippen LogP contribution in [-0.2, 0) is 14.4 Å². The maximum absolute atomic E-state index is 12.6. The number of carboxylic acids is 1. The number of rotatable bonds is 7. The Kier molecular flexibility index (Phi) is 7.06. The molecule has 2 aliphatic rings. The van der Waals surface area contributed by atoms with Crippen molar-refractivity contribution in [3.05, 3.63) is 0 Å². The van der Waals surface area contributed by atoms with E-state index in [4.69, 9.17) is 5.11 Å². The fourth-order valence-corrected chi connectivity index (χ4v) is 3.90. The molecule has 0 aromatic rings. The molecule has 1 heterocycles. The molecule has 1 saturated carbocycles. The first-order valence-corrected chi connectivity index (χ1v) is 9.29. The lowest BCUT2D eigenvalue weighted by Gasteiger charge is -2.36. The van der Waals surface area contributed by atoms with Crippen molar-refractivity contribution in [2.24, 2.45) is 5.92 Å². The lowest BCUT2D eigenvalue weighted by molar-refractivity contribution is -0.140. The summed E-state index contributed by atoms with van der Waals surface area (Å²) in [4.78, 5) is 37.4. The van der Waals surface area contributed by atoms with E-state index in [-0.39, 0.29) is 36.2 Å². The third-order valence-electron chi connectivity index (χ3n) is 5.23. The van der Waals surface area contributed by atoms with Crippen LogP contribution in [0.25, 0.3) is 0 Å². The summed E-state index contributed by atoms with van der Waals surface area (Å²) in [6.07, 6.45) is 7.94. The summed E-state index contributed by atoms with van der Waals surface area (Å²) in [7, 11) is 0. The molecule has 0 aromatic carbocycles. The highest BCUT2D eigenvalue weighted by Gasteiger charge is 2.29. The number of hydrogen-bond donors (Lipinski definition) is 2. The van der Waals surface area contributed by atoms with Gasteiger partial charge in [0.1, 0.15) is 0 Å². The largest absolute Gasteiger partial charge is 0.481 e. The van der Waals surface area contributed by atoms with E-state index >= 15 is 0 Å². The van der Waals surface area contributed by atoms with Gasteiger partial charge >= 0.3 is 5.97 Å². The Morgan fingerprint density at radius 3 is 2.46 bits per heavy atom. The van der Waals surface area contributed by atoms with Crippen molar-refractivity contribution < 1.29 is 19.5 Å². The van der Waals surface area contributed by atoms with Crippen molar-refractivity contribution in [2.45, 2.75) is 83.2 Å². The second-order valence-electron chi connectivity index (χ2n) is 7.26. The number of likely N-dealkylation sites (tertiary alicyclic amines) is 1. The van der Waals surface area contributed by atoms with Gasteiger partial charge in [-0.2, -0.15) is 0 Å². The van der Waals surface area contributed by atoms with Gasteiger partial charge in [0.05, 0.1) is 0 Å². The fraction of sp³-hybridized carbons (Fsp3) is 0.833. The fourth-order valence-electron chi connectivity index (χ4n) is 3.90. The van der Waals surface area contributed by atoms with Crippen LogP contribution in [0.2, 0.25) is 0 Å². The zero-order valence-corrected chi connectivity index (χ0v) is 14.6. The van der Waals surface area contributed by atoms with E-state index in [0.29, 0.717) is 19.4 Å². The first-order valence-electron chi connectivity index (χ1n) is 9.29. The molecular formula is C18H30N2O4. The van der Waals surface area contributed by atoms with Gasteiger partial charge in [0.25, 0.3) is 0 Å². The van der Waals surface area contributed by atoms with Gasteiger partial charge in [0.2, 0.25) is 11.8 Å². The van der Waals surface area contributed by atoms with Gasteiger partial charge < -0.3 is 15.3 Å². The molecular weight excluding hydrogens is 308 g/mol. The normalized spacial score (nSPS) is 23.0. The Morgan fingerprint density at radius 2 is 1.79 bits per heavy atom. The lowest BCUT2D eigenvalue weighted by Crippen LogP contribution is -2.47. The number of nitrogens with zero attached hydrogens (tertiary/aromatic N) is 1. The van der Waals surface area contributed by atoms with E-state index in [1.165, 1.54) is 0 Å². The number of nitrogens with one attached hydrogen (secondary N) is 1. The molecule has 2 amide bonds. The van der Waals surface area contributed by atoms with Crippen LogP contribution in [0, 0.1) is 5.92 Å². The molecule has 0 aromatic heterocycles. The van der Waals surface area contributed by atoms with Gasteiger partial charge in [-0.15, -0.1) is 0 Å². The van der Waals surface area contributed by atoms with Crippen LogP contribution in [0.1, 0.15) is 71.1 Å². The number of carbonyl (C=O) groups excluding carboxylic acids is 2. The second-order valence-corrected chi connectivity index (χ2v) is 7.26. The number of amides is 2. The van der Waals surface area contributed by atoms with Gasteiger partial charge in [-0.1, -0.05) is 12.8 Å². The molecule has 1 saturated heterocycles. The monoisotopic (exact) mass is 338 g/mol. The van der Waals surface area contributed by atoms with Crippen molar-refractivity contribution in [1.29, 1.82) is 0 Å². The van der Waals surface area contributed by atoms with Gasteiger partial charge in [0.15, 0.2) is 0 Å². The summed E-state index contributed by atoms with van der Waals surface area (Å²) in [6.45, 7) is 2.58. The number of carboxylic acid groups (broad SMARTS) is 1. The number of carbonyl (C=O) groups is 3. The Morgan fingerprint density at radius 1 is 1.12 bits per heavy atom. The highest BCUT2D eigenvalue weighted by molar-refractivity contribution is 5.81. The Labute approximate surface area is 144 Å². The predicted molar refractivity (Wildman–Crippen MR) is 90.4 cm³/mol. The third kappa shape index (κ3) is 5.49. The summed E-state index contributed by atoms with van der Waals surface area (Å²) >= 11 is 0. The van der Waals surface area contributed by atoms with E-state index in [9.17, 15) is 14.4 Å². The standard InChI is InChI=1S/C18H30N2O4/c1-13(19-18(24)14-6-2-3-7-14)12-16(21)20-11-5-4-8-15(20)9-10-17(22)23/h13-15H,2-12H2,1H3,(H,19,24)(H,22,23). The summed E-state index contributed by atoms with van der Waals surface area (Å²) in [6, 6.07) is -0.146. The molecule has 2 unspecified atom stereocenters.